The molecule has 2 amide bonds. The standard InChI is InChI=1S/C7H4N4O/c8-11-5-3-1-2-4-6(5)10-7(12)9-4/h1-3H,(H,9,12). The molecule has 12 heavy (non-hydrogen) atoms. The van der Waals surface area contributed by atoms with Gasteiger partial charge in [-0.3, -0.25) is 0 Å². The molecule has 1 N–H and O–H groups in total. The van der Waals surface area contributed by atoms with Crippen LogP contribution in [0.15, 0.2) is 28.9 Å². The highest BCUT2D eigenvalue weighted by molar-refractivity contribution is 6.53. The van der Waals surface area contributed by atoms with Crippen LogP contribution in [0.1, 0.15) is 0 Å². The summed E-state index contributed by atoms with van der Waals surface area (Å²) < 4.78 is 0. The molecule has 0 saturated carbocycles. The summed E-state index contributed by atoms with van der Waals surface area (Å²) in [6, 6.07) is -0.430. The average Bonchev–Trinajstić information content (AvgIpc) is 2.44. The highest BCUT2D eigenvalue weighted by Crippen LogP contribution is 2.09. The number of carbonyl (C=O) groups is 1. The molecule has 0 aromatic rings. The molecule has 0 fully saturated rings. The maximum Gasteiger partial charge on any atom is 0.346 e. The lowest BCUT2D eigenvalue weighted by Crippen LogP contribution is -2.21. The zero-order valence-electron chi connectivity index (χ0n) is 5.98. The fourth-order valence-corrected chi connectivity index (χ4v) is 1.08. The normalized spacial score (nSPS) is 19.3. The number of nitrogens with one attached hydrogen (secondary N) is 1. The largest absolute Gasteiger partial charge is 0.361 e. The fraction of sp³-hybridized carbons (Fsp3) is 0. The number of fused-ring (bicyclic) bond motifs is 1. The summed E-state index contributed by atoms with van der Waals surface area (Å²) in [5, 5.41) is 2.50. The Hall–Kier alpha value is -2.00. The Balaban J connectivity index is 2.57. The van der Waals surface area contributed by atoms with E-state index in [1.54, 1.807) is 18.2 Å². The summed E-state index contributed by atoms with van der Waals surface area (Å²) >= 11 is 0. The lowest BCUT2D eigenvalue weighted by molar-refractivity contribution is 0.000153. The van der Waals surface area contributed by atoms with Crippen molar-refractivity contribution in [3.63, 3.8) is 0 Å². The molecule has 1 aliphatic heterocycles. The molecule has 58 valence electrons. The van der Waals surface area contributed by atoms with Gasteiger partial charge in [-0.05, 0) is 6.08 Å². The Kier molecular flexibility index (Phi) is 1.26. The molecule has 0 aromatic heterocycles. The van der Waals surface area contributed by atoms with Crippen molar-refractivity contribution < 1.29 is 9.58 Å². The van der Waals surface area contributed by atoms with Crippen LogP contribution < -0.4 is 5.32 Å². The highest BCUT2D eigenvalue weighted by atomic mass is 16.2. The number of aliphatic imine (C=N–C) groups is 1. The van der Waals surface area contributed by atoms with Crippen molar-refractivity contribution in [2.75, 3.05) is 0 Å². The van der Waals surface area contributed by atoms with Crippen LogP contribution >= 0.6 is 0 Å². The molecule has 2 aliphatic rings. The molecule has 0 atom stereocenters. The summed E-state index contributed by atoms with van der Waals surface area (Å²) in [6.45, 7) is 0. The van der Waals surface area contributed by atoms with Crippen LogP contribution in [0, 0.1) is 0 Å². The maximum atomic E-state index is 10.8. The van der Waals surface area contributed by atoms with E-state index < -0.39 is 6.03 Å². The number of amides is 2. The molecule has 0 aromatic carbocycles. The zero-order valence-corrected chi connectivity index (χ0v) is 5.98. The van der Waals surface area contributed by atoms with Crippen molar-refractivity contribution in [3.8, 4) is 0 Å². The second-order valence-electron chi connectivity index (χ2n) is 2.32. The van der Waals surface area contributed by atoms with Gasteiger partial charge in [0.1, 0.15) is 0 Å². The molecule has 5 nitrogen and oxygen atoms in total. The lowest BCUT2D eigenvalue weighted by Gasteiger charge is -1.98. The monoisotopic (exact) mass is 160 g/mol. The van der Waals surface area contributed by atoms with Crippen LogP contribution in [0.2, 0.25) is 0 Å². The van der Waals surface area contributed by atoms with Crippen molar-refractivity contribution in [2.45, 2.75) is 0 Å². The quantitative estimate of drug-likeness (QED) is 0.308. The van der Waals surface area contributed by atoms with E-state index in [4.69, 9.17) is 5.53 Å². The molecular formula is C7H4N4O. The second-order valence-corrected chi connectivity index (χ2v) is 2.32. The molecule has 1 aliphatic carbocycles. The minimum absolute atomic E-state index is 0.297. The number of nitrogens with zero attached hydrogens (tertiary/aromatic N) is 3. The Morgan fingerprint density at radius 2 is 2.42 bits per heavy atom. The van der Waals surface area contributed by atoms with Crippen LogP contribution in [-0.2, 0) is 0 Å². The van der Waals surface area contributed by atoms with Crippen molar-refractivity contribution in [1.29, 1.82) is 0 Å². The molecule has 0 radical (unpaired) electrons. The van der Waals surface area contributed by atoms with Crippen LogP contribution in [0.25, 0.3) is 5.53 Å². The van der Waals surface area contributed by atoms with E-state index >= 15 is 0 Å². The molecular weight excluding hydrogens is 156 g/mol. The second kappa shape index (κ2) is 2.25. The smallest absolute Gasteiger partial charge is 0.346 e. The number of carbonyl (C=O) groups excluding carboxylic acids is 1. The first-order valence-corrected chi connectivity index (χ1v) is 3.32. The molecule has 1 heterocycles. The van der Waals surface area contributed by atoms with E-state index in [1.165, 1.54) is 0 Å². The predicted molar refractivity (Wildman–Crippen MR) is 41.8 cm³/mol. The average molecular weight is 160 g/mol. The number of hydrogen-bond donors (Lipinski definition) is 1. The number of allylic oxidation sites excluding steroid dienone is 4. The summed E-state index contributed by atoms with van der Waals surface area (Å²) in [7, 11) is 0. The molecule has 0 unspecified atom stereocenters. The molecule has 2 rings (SSSR count). The SMILES string of the molecule is [N-]=[N+]=C1C=CC=C2NC(=O)N=C21. The van der Waals surface area contributed by atoms with Gasteiger partial charge < -0.3 is 10.8 Å². The van der Waals surface area contributed by atoms with Gasteiger partial charge in [-0.25, -0.2) is 4.79 Å². The van der Waals surface area contributed by atoms with Crippen LogP contribution in [0.5, 0.6) is 0 Å². The van der Waals surface area contributed by atoms with Gasteiger partial charge in [0.15, 0.2) is 5.71 Å². The molecule has 5 heteroatoms. The minimum atomic E-state index is -0.430. The summed E-state index contributed by atoms with van der Waals surface area (Å²) in [5.74, 6) is 0. The third kappa shape index (κ3) is 0.810. The summed E-state index contributed by atoms with van der Waals surface area (Å²) in [5.41, 5.74) is 9.78. The lowest BCUT2D eigenvalue weighted by atomic mass is 10.1. The van der Waals surface area contributed by atoms with Gasteiger partial charge in [0.2, 0.25) is 0 Å². The maximum absolute atomic E-state index is 10.8. The van der Waals surface area contributed by atoms with Crippen LogP contribution in [0.3, 0.4) is 0 Å². The third-order valence-corrected chi connectivity index (χ3v) is 1.58. The van der Waals surface area contributed by atoms with Gasteiger partial charge in [-0.15, -0.1) is 0 Å². The predicted octanol–water partition coefficient (Wildman–Crippen LogP) is 0.275. The molecule has 0 bridgehead atoms. The van der Waals surface area contributed by atoms with E-state index in [2.05, 4.69) is 15.1 Å². The van der Waals surface area contributed by atoms with Crippen molar-refractivity contribution in [3.05, 3.63) is 29.5 Å². The van der Waals surface area contributed by atoms with E-state index in [0.717, 1.165) is 0 Å². The van der Waals surface area contributed by atoms with Gasteiger partial charge in [0, 0.05) is 6.08 Å². The summed E-state index contributed by atoms with van der Waals surface area (Å²) in [4.78, 5) is 17.4. The first kappa shape index (κ1) is 6.69. The Morgan fingerprint density at radius 1 is 1.58 bits per heavy atom. The van der Waals surface area contributed by atoms with Gasteiger partial charge in [0.05, 0.1) is 5.70 Å². The minimum Gasteiger partial charge on any atom is -0.361 e. The molecule has 0 spiro atoms. The Morgan fingerprint density at radius 3 is 3.17 bits per heavy atom. The van der Waals surface area contributed by atoms with Crippen molar-refractivity contribution in [2.24, 2.45) is 4.99 Å². The highest BCUT2D eigenvalue weighted by Gasteiger charge is 2.29. The number of urea groups is 1. The summed E-state index contributed by atoms with van der Waals surface area (Å²) in [6.07, 6.45) is 4.94. The fourth-order valence-electron chi connectivity index (χ4n) is 1.08. The number of rotatable bonds is 0. The van der Waals surface area contributed by atoms with Crippen molar-refractivity contribution >= 4 is 17.5 Å². The topological polar surface area (TPSA) is 77.9 Å². The van der Waals surface area contributed by atoms with Gasteiger partial charge in [0.25, 0.3) is 0 Å². The first-order valence-electron chi connectivity index (χ1n) is 3.32. The van der Waals surface area contributed by atoms with E-state index in [9.17, 15) is 4.79 Å². The Bertz CT molecular complexity index is 396. The van der Waals surface area contributed by atoms with E-state index in [0.29, 0.717) is 17.1 Å². The van der Waals surface area contributed by atoms with Gasteiger partial charge in [-0.2, -0.15) is 9.78 Å². The third-order valence-electron chi connectivity index (χ3n) is 1.58. The Labute approximate surface area is 67.7 Å². The molecule has 0 saturated heterocycles. The number of hydrogen-bond acceptors (Lipinski definition) is 1. The van der Waals surface area contributed by atoms with Gasteiger partial charge in [-0.1, -0.05) is 6.08 Å². The van der Waals surface area contributed by atoms with Crippen LogP contribution in [0.4, 0.5) is 4.79 Å². The zero-order chi connectivity index (χ0) is 8.55. The van der Waals surface area contributed by atoms with Crippen molar-refractivity contribution in [1.82, 2.24) is 5.32 Å². The first-order chi connectivity index (χ1) is 5.81. The van der Waals surface area contributed by atoms with Crippen LogP contribution in [-0.4, -0.2) is 22.2 Å². The van der Waals surface area contributed by atoms with Gasteiger partial charge >= 0.3 is 11.7 Å². The van der Waals surface area contributed by atoms with E-state index in [1.807, 2.05) is 0 Å². The van der Waals surface area contributed by atoms with E-state index in [-0.39, 0.29) is 0 Å².